The van der Waals surface area contributed by atoms with Gasteiger partial charge in [-0.15, -0.1) is 0 Å². The van der Waals surface area contributed by atoms with Gasteiger partial charge in [0.05, 0.1) is 22.5 Å². The van der Waals surface area contributed by atoms with Crippen molar-refractivity contribution in [1.29, 1.82) is 0 Å². The average Bonchev–Trinajstić information content (AvgIpc) is 2.62. The Morgan fingerprint density at radius 2 is 1.87 bits per heavy atom. The zero-order valence-electron chi connectivity index (χ0n) is 16.5. The van der Waals surface area contributed by atoms with E-state index in [0.717, 1.165) is 35.9 Å². The van der Waals surface area contributed by atoms with Crippen molar-refractivity contribution in [1.82, 2.24) is 5.32 Å². The van der Waals surface area contributed by atoms with Gasteiger partial charge in [-0.1, -0.05) is 41.4 Å². The van der Waals surface area contributed by atoms with E-state index in [2.05, 4.69) is 5.32 Å². The third-order valence-corrected chi connectivity index (χ3v) is 5.75. The molecule has 0 radical (unpaired) electrons. The number of carbonyl (C=O) groups excluding carboxylic acids is 1. The first-order valence-electron chi connectivity index (χ1n) is 9.04. The van der Waals surface area contributed by atoms with Crippen molar-refractivity contribution >= 4 is 33.2 Å². The number of nitrogens with one attached hydrogen (secondary N) is 1. The molecule has 1 N–H and O–H groups in total. The molecule has 0 saturated carbocycles. The quantitative estimate of drug-likeness (QED) is 0.598. The summed E-state index contributed by atoms with van der Waals surface area (Å²) in [4.78, 5) is 12.2. The molecule has 0 aromatic heterocycles. The molecule has 0 heterocycles. The minimum atomic E-state index is -4.76. The van der Waals surface area contributed by atoms with E-state index in [0.29, 0.717) is 23.3 Å². The first kappa shape index (κ1) is 24.0. The number of anilines is 1. The van der Waals surface area contributed by atoms with Crippen LogP contribution in [-0.4, -0.2) is 33.7 Å². The van der Waals surface area contributed by atoms with Gasteiger partial charge < -0.3 is 5.32 Å². The number of aryl methyl sites for hydroxylation is 2. The Balaban J connectivity index is 2.04. The number of rotatable bonds is 8. The Kier molecular flexibility index (Phi) is 7.76. The highest BCUT2D eigenvalue weighted by atomic mass is 35.5. The SMILES string of the molecule is Cc1cccc(CCCNC(=O)CN(c2ccc(Cl)c(C(F)(F)F)c2)S(C)(=O)=O)c1. The lowest BCUT2D eigenvalue weighted by atomic mass is 10.1. The van der Waals surface area contributed by atoms with E-state index in [1.165, 1.54) is 0 Å². The zero-order chi connectivity index (χ0) is 22.5. The van der Waals surface area contributed by atoms with Crippen LogP contribution in [0.3, 0.4) is 0 Å². The van der Waals surface area contributed by atoms with E-state index >= 15 is 0 Å². The third-order valence-electron chi connectivity index (χ3n) is 4.28. The largest absolute Gasteiger partial charge is 0.417 e. The fourth-order valence-corrected chi connectivity index (χ4v) is 3.93. The smallest absolute Gasteiger partial charge is 0.355 e. The van der Waals surface area contributed by atoms with Gasteiger partial charge in [0.25, 0.3) is 0 Å². The van der Waals surface area contributed by atoms with E-state index in [-0.39, 0.29) is 5.69 Å². The number of nitrogens with zero attached hydrogens (tertiary/aromatic N) is 1. The highest BCUT2D eigenvalue weighted by Gasteiger charge is 2.34. The van der Waals surface area contributed by atoms with E-state index < -0.39 is 39.2 Å². The minimum absolute atomic E-state index is 0.288. The predicted molar refractivity (Wildman–Crippen MR) is 111 cm³/mol. The van der Waals surface area contributed by atoms with Crippen LogP contribution in [0, 0.1) is 6.92 Å². The van der Waals surface area contributed by atoms with Crippen molar-refractivity contribution in [3.63, 3.8) is 0 Å². The summed E-state index contributed by atoms with van der Waals surface area (Å²) in [5.41, 5.74) is 0.780. The molecule has 0 bridgehead atoms. The molecule has 2 aromatic rings. The first-order chi connectivity index (χ1) is 13.9. The van der Waals surface area contributed by atoms with E-state index in [9.17, 15) is 26.4 Å². The summed E-state index contributed by atoms with van der Waals surface area (Å²) in [6.45, 7) is 1.65. The average molecular weight is 463 g/mol. The number of hydrogen-bond donors (Lipinski definition) is 1. The lowest BCUT2D eigenvalue weighted by Gasteiger charge is -2.23. The Morgan fingerprint density at radius 1 is 1.17 bits per heavy atom. The van der Waals surface area contributed by atoms with Gasteiger partial charge in [0.1, 0.15) is 6.54 Å². The Bertz CT molecular complexity index is 1010. The van der Waals surface area contributed by atoms with Crippen LogP contribution in [0.2, 0.25) is 5.02 Å². The predicted octanol–water partition coefficient (Wildman–Crippen LogP) is 4.18. The molecule has 0 aliphatic rings. The summed E-state index contributed by atoms with van der Waals surface area (Å²) in [6, 6.07) is 10.6. The van der Waals surface area contributed by atoms with Crippen LogP contribution in [0.1, 0.15) is 23.1 Å². The fraction of sp³-hybridized carbons (Fsp3) is 0.350. The summed E-state index contributed by atoms with van der Waals surface area (Å²) < 4.78 is 64.1. The number of carbonyl (C=O) groups is 1. The molecular formula is C20H22ClF3N2O3S. The van der Waals surface area contributed by atoms with Crippen molar-refractivity contribution < 1.29 is 26.4 Å². The molecule has 30 heavy (non-hydrogen) atoms. The number of amides is 1. The molecule has 0 aliphatic heterocycles. The molecule has 2 aromatic carbocycles. The summed E-state index contributed by atoms with van der Waals surface area (Å²) >= 11 is 5.58. The van der Waals surface area contributed by atoms with Crippen LogP contribution in [0.25, 0.3) is 0 Å². The second kappa shape index (κ2) is 9.70. The standard InChI is InChI=1S/C20H22ClF3N2O3S/c1-14-5-3-6-15(11-14)7-4-10-25-19(27)13-26(30(2,28)29)16-8-9-18(21)17(12-16)20(22,23)24/h3,5-6,8-9,11-12H,4,7,10,13H2,1-2H3,(H,25,27). The second-order valence-electron chi connectivity index (χ2n) is 6.87. The minimum Gasteiger partial charge on any atom is -0.355 e. The normalized spacial score (nSPS) is 11.9. The summed E-state index contributed by atoms with van der Waals surface area (Å²) in [7, 11) is -4.00. The van der Waals surface area contributed by atoms with Crippen molar-refractivity contribution in [2.24, 2.45) is 0 Å². The molecular weight excluding hydrogens is 441 g/mol. The molecule has 5 nitrogen and oxygen atoms in total. The van der Waals surface area contributed by atoms with E-state index in [1.54, 1.807) is 0 Å². The molecule has 1 amide bonds. The highest BCUT2D eigenvalue weighted by Crippen LogP contribution is 2.37. The molecule has 0 unspecified atom stereocenters. The lowest BCUT2D eigenvalue weighted by Crippen LogP contribution is -2.40. The zero-order valence-corrected chi connectivity index (χ0v) is 18.0. The van der Waals surface area contributed by atoms with Crippen molar-refractivity contribution in [3.8, 4) is 0 Å². The molecule has 0 saturated heterocycles. The van der Waals surface area contributed by atoms with Crippen LogP contribution in [0.15, 0.2) is 42.5 Å². The summed E-state index contributed by atoms with van der Waals surface area (Å²) in [5.74, 6) is -0.617. The van der Waals surface area contributed by atoms with Gasteiger partial charge in [0.2, 0.25) is 15.9 Å². The Morgan fingerprint density at radius 3 is 2.47 bits per heavy atom. The number of sulfonamides is 1. The van der Waals surface area contributed by atoms with Gasteiger partial charge in [-0.3, -0.25) is 9.10 Å². The maximum atomic E-state index is 13.1. The van der Waals surface area contributed by atoms with Crippen molar-refractivity contribution in [3.05, 3.63) is 64.2 Å². The highest BCUT2D eigenvalue weighted by molar-refractivity contribution is 7.92. The molecule has 0 fully saturated rings. The van der Waals surface area contributed by atoms with Gasteiger partial charge in [0.15, 0.2) is 0 Å². The topological polar surface area (TPSA) is 66.5 Å². The maximum Gasteiger partial charge on any atom is 0.417 e. The molecule has 0 atom stereocenters. The van der Waals surface area contributed by atoms with E-state index in [4.69, 9.17) is 11.6 Å². The molecule has 0 aliphatic carbocycles. The first-order valence-corrected chi connectivity index (χ1v) is 11.3. The van der Waals surface area contributed by atoms with Crippen LogP contribution in [-0.2, 0) is 27.4 Å². The Labute approximate surface area is 178 Å². The number of halogens is 4. The van der Waals surface area contributed by atoms with Crippen molar-refractivity contribution in [2.75, 3.05) is 23.7 Å². The van der Waals surface area contributed by atoms with E-state index in [1.807, 2.05) is 31.2 Å². The van der Waals surface area contributed by atoms with Crippen LogP contribution < -0.4 is 9.62 Å². The third kappa shape index (κ3) is 6.91. The number of hydrogen-bond acceptors (Lipinski definition) is 3. The molecule has 10 heteroatoms. The van der Waals surface area contributed by atoms with Crippen molar-refractivity contribution in [2.45, 2.75) is 25.9 Å². The molecule has 0 spiro atoms. The van der Waals surface area contributed by atoms with Crippen LogP contribution in [0.5, 0.6) is 0 Å². The second-order valence-corrected chi connectivity index (χ2v) is 9.19. The molecule has 2 rings (SSSR count). The monoisotopic (exact) mass is 462 g/mol. The van der Waals surface area contributed by atoms with Gasteiger partial charge in [-0.2, -0.15) is 13.2 Å². The van der Waals surface area contributed by atoms with Crippen LogP contribution >= 0.6 is 11.6 Å². The summed E-state index contributed by atoms with van der Waals surface area (Å²) in [5, 5.41) is 2.05. The number of benzene rings is 2. The van der Waals surface area contributed by atoms with Gasteiger partial charge in [-0.05, 0) is 43.5 Å². The van der Waals surface area contributed by atoms with Gasteiger partial charge in [0, 0.05) is 6.54 Å². The van der Waals surface area contributed by atoms with Gasteiger partial charge in [-0.25, -0.2) is 8.42 Å². The molecule has 164 valence electrons. The number of alkyl halides is 3. The fourth-order valence-electron chi connectivity index (χ4n) is 2.86. The lowest BCUT2D eigenvalue weighted by molar-refractivity contribution is -0.137. The van der Waals surface area contributed by atoms with Crippen LogP contribution in [0.4, 0.5) is 18.9 Å². The summed E-state index contributed by atoms with van der Waals surface area (Å²) in [6.07, 6.45) is -2.58. The van der Waals surface area contributed by atoms with Gasteiger partial charge >= 0.3 is 6.18 Å². The Hall–Kier alpha value is -2.26. The maximum absolute atomic E-state index is 13.1.